The molecule has 0 aromatic heterocycles. The summed E-state index contributed by atoms with van der Waals surface area (Å²) in [6, 6.07) is 12.1. The average molecular weight is 359 g/mol. The number of hydrogen-bond donors (Lipinski definition) is 1. The fraction of sp³-hybridized carbons (Fsp3) is 0.350. The van der Waals surface area contributed by atoms with Crippen molar-refractivity contribution in [2.45, 2.75) is 26.1 Å². The lowest BCUT2D eigenvalue weighted by molar-refractivity contribution is -0.118. The second-order valence-electron chi connectivity index (χ2n) is 5.89. The highest BCUT2D eigenvalue weighted by molar-refractivity contribution is 7.99. The van der Waals surface area contributed by atoms with Crippen LogP contribution in [-0.4, -0.2) is 25.9 Å². The van der Waals surface area contributed by atoms with E-state index in [1.165, 1.54) is 16.7 Å². The van der Waals surface area contributed by atoms with E-state index in [1.54, 1.807) is 26.0 Å². The van der Waals surface area contributed by atoms with Crippen LogP contribution in [-0.2, 0) is 17.1 Å². The van der Waals surface area contributed by atoms with Gasteiger partial charge in [0, 0.05) is 12.3 Å². The highest BCUT2D eigenvalue weighted by Crippen LogP contribution is 2.27. The molecule has 1 amide bonds. The lowest BCUT2D eigenvalue weighted by atomic mass is 10.1. The third kappa shape index (κ3) is 5.71. The van der Waals surface area contributed by atoms with Crippen LogP contribution in [0.15, 0.2) is 36.4 Å². The third-order valence-corrected chi connectivity index (χ3v) is 4.91. The first-order valence-corrected chi connectivity index (χ1v) is 9.30. The van der Waals surface area contributed by atoms with E-state index in [2.05, 4.69) is 37.4 Å². The quantitative estimate of drug-likeness (QED) is 0.777. The van der Waals surface area contributed by atoms with Gasteiger partial charge in [-0.1, -0.05) is 29.8 Å². The number of amides is 1. The Balaban J connectivity index is 1.80. The maximum atomic E-state index is 12.0. The monoisotopic (exact) mass is 359 g/mol. The zero-order chi connectivity index (χ0) is 18.2. The fourth-order valence-electron chi connectivity index (χ4n) is 2.45. The number of benzene rings is 2. The van der Waals surface area contributed by atoms with Gasteiger partial charge in [0.1, 0.15) is 0 Å². The van der Waals surface area contributed by atoms with Crippen LogP contribution in [0.2, 0.25) is 0 Å². The average Bonchev–Trinajstić information content (AvgIpc) is 2.62. The standard InChI is InChI=1S/C20H25NO3S/c1-14-5-6-15(2)17(9-14)12-25-13-20(22)21-11-16-7-8-18(23-3)19(10-16)24-4/h5-10H,11-13H2,1-4H3,(H,21,22). The summed E-state index contributed by atoms with van der Waals surface area (Å²) in [5.41, 5.74) is 4.78. The van der Waals surface area contributed by atoms with Crippen molar-refractivity contribution in [3.63, 3.8) is 0 Å². The first-order chi connectivity index (χ1) is 12.0. The molecule has 0 heterocycles. The van der Waals surface area contributed by atoms with Crippen molar-refractivity contribution in [2.24, 2.45) is 0 Å². The summed E-state index contributed by atoms with van der Waals surface area (Å²) in [4.78, 5) is 12.0. The molecule has 4 nitrogen and oxygen atoms in total. The molecule has 0 spiro atoms. The second-order valence-corrected chi connectivity index (χ2v) is 6.87. The van der Waals surface area contributed by atoms with E-state index in [-0.39, 0.29) is 5.91 Å². The molecule has 0 fully saturated rings. The van der Waals surface area contributed by atoms with Crippen molar-refractivity contribution in [3.05, 3.63) is 58.7 Å². The molecule has 0 radical (unpaired) electrons. The van der Waals surface area contributed by atoms with Crippen molar-refractivity contribution in [1.82, 2.24) is 5.32 Å². The number of aryl methyl sites for hydroxylation is 2. The molecule has 0 atom stereocenters. The van der Waals surface area contributed by atoms with Crippen LogP contribution in [0.1, 0.15) is 22.3 Å². The van der Waals surface area contributed by atoms with E-state index in [1.807, 2.05) is 18.2 Å². The Morgan fingerprint density at radius 2 is 1.80 bits per heavy atom. The highest BCUT2D eigenvalue weighted by atomic mass is 32.2. The summed E-state index contributed by atoms with van der Waals surface area (Å²) in [5.74, 6) is 2.67. The van der Waals surface area contributed by atoms with Gasteiger partial charge in [-0.2, -0.15) is 0 Å². The van der Waals surface area contributed by atoms with Crippen molar-refractivity contribution < 1.29 is 14.3 Å². The van der Waals surface area contributed by atoms with Gasteiger partial charge in [0.05, 0.1) is 20.0 Å². The molecule has 5 heteroatoms. The summed E-state index contributed by atoms with van der Waals surface area (Å²) in [5, 5.41) is 2.94. The number of rotatable bonds is 8. The maximum Gasteiger partial charge on any atom is 0.230 e. The van der Waals surface area contributed by atoms with E-state index < -0.39 is 0 Å². The molecule has 2 aromatic carbocycles. The Kier molecular flexibility index (Phi) is 7.19. The first kappa shape index (κ1) is 19.2. The third-order valence-electron chi connectivity index (χ3n) is 3.93. The number of thioether (sulfide) groups is 1. The van der Waals surface area contributed by atoms with Crippen LogP contribution >= 0.6 is 11.8 Å². The van der Waals surface area contributed by atoms with Gasteiger partial charge < -0.3 is 14.8 Å². The van der Waals surface area contributed by atoms with Crippen LogP contribution in [0, 0.1) is 13.8 Å². The minimum absolute atomic E-state index is 0.0325. The number of carbonyl (C=O) groups excluding carboxylic acids is 1. The Morgan fingerprint density at radius 3 is 2.52 bits per heavy atom. The Morgan fingerprint density at radius 1 is 1.04 bits per heavy atom. The molecule has 0 aliphatic heterocycles. The highest BCUT2D eigenvalue weighted by Gasteiger charge is 2.07. The lowest BCUT2D eigenvalue weighted by Gasteiger charge is -2.11. The summed E-state index contributed by atoms with van der Waals surface area (Å²) < 4.78 is 10.5. The second kappa shape index (κ2) is 9.37. The van der Waals surface area contributed by atoms with E-state index in [0.717, 1.165) is 11.3 Å². The minimum Gasteiger partial charge on any atom is -0.493 e. The van der Waals surface area contributed by atoms with Crippen LogP contribution < -0.4 is 14.8 Å². The molecule has 0 saturated heterocycles. The van der Waals surface area contributed by atoms with E-state index in [4.69, 9.17) is 9.47 Å². The normalized spacial score (nSPS) is 10.4. The van der Waals surface area contributed by atoms with Crippen molar-refractivity contribution >= 4 is 17.7 Å². The van der Waals surface area contributed by atoms with Gasteiger partial charge in [-0.25, -0.2) is 0 Å². The molecule has 0 bridgehead atoms. The molecule has 2 aromatic rings. The number of nitrogens with one attached hydrogen (secondary N) is 1. The van der Waals surface area contributed by atoms with E-state index >= 15 is 0 Å². The van der Waals surface area contributed by atoms with Crippen LogP contribution in [0.5, 0.6) is 11.5 Å². The summed E-state index contributed by atoms with van der Waals surface area (Å²) in [6.07, 6.45) is 0. The van der Waals surface area contributed by atoms with Gasteiger partial charge in [-0.05, 0) is 42.7 Å². The number of methoxy groups -OCH3 is 2. The number of carbonyl (C=O) groups is 1. The van der Waals surface area contributed by atoms with Crippen LogP contribution in [0.3, 0.4) is 0 Å². The molecule has 0 aliphatic rings. The molecule has 25 heavy (non-hydrogen) atoms. The van der Waals surface area contributed by atoms with Crippen LogP contribution in [0.4, 0.5) is 0 Å². The molecular weight excluding hydrogens is 334 g/mol. The topological polar surface area (TPSA) is 47.6 Å². The van der Waals surface area contributed by atoms with Crippen molar-refractivity contribution in [2.75, 3.05) is 20.0 Å². The zero-order valence-electron chi connectivity index (χ0n) is 15.2. The fourth-order valence-corrected chi connectivity index (χ4v) is 3.37. The van der Waals surface area contributed by atoms with Crippen LogP contribution in [0.25, 0.3) is 0 Å². The summed E-state index contributed by atoms with van der Waals surface area (Å²) >= 11 is 1.63. The Hall–Kier alpha value is -2.14. The van der Waals surface area contributed by atoms with Gasteiger partial charge in [0.15, 0.2) is 11.5 Å². The van der Waals surface area contributed by atoms with Crippen molar-refractivity contribution in [3.8, 4) is 11.5 Å². The molecule has 0 unspecified atom stereocenters. The van der Waals surface area contributed by atoms with Gasteiger partial charge in [0.2, 0.25) is 5.91 Å². The predicted molar refractivity (Wildman–Crippen MR) is 103 cm³/mol. The zero-order valence-corrected chi connectivity index (χ0v) is 16.0. The largest absolute Gasteiger partial charge is 0.493 e. The van der Waals surface area contributed by atoms with E-state index in [0.29, 0.717) is 23.8 Å². The summed E-state index contributed by atoms with van der Waals surface area (Å²) in [7, 11) is 3.20. The molecular formula is C20H25NO3S. The van der Waals surface area contributed by atoms with E-state index in [9.17, 15) is 4.79 Å². The maximum absolute atomic E-state index is 12.0. The van der Waals surface area contributed by atoms with Gasteiger partial charge in [0.25, 0.3) is 0 Å². The predicted octanol–water partition coefficient (Wildman–Crippen LogP) is 3.87. The van der Waals surface area contributed by atoms with Crippen molar-refractivity contribution in [1.29, 1.82) is 0 Å². The molecule has 1 N–H and O–H groups in total. The van der Waals surface area contributed by atoms with Gasteiger partial charge in [-0.3, -0.25) is 4.79 Å². The van der Waals surface area contributed by atoms with Gasteiger partial charge in [-0.15, -0.1) is 11.8 Å². The lowest BCUT2D eigenvalue weighted by Crippen LogP contribution is -2.24. The molecule has 0 saturated carbocycles. The Bertz CT molecular complexity index is 731. The minimum atomic E-state index is 0.0325. The molecule has 134 valence electrons. The smallest absolute Gasteiger partial charge is 0.230 e. The first-order valence-electron chi connectivity index (χ1n) is 8.15. The number of ether oxygens (including phenoxy) is 2. The SMILES string of the molecule is COc1ccc(CNC(=O)CSCc2cc(C)ccc2C)cc1OC. The summed E-state index contributed by atoms with van der Waals surface area (Å²) in [6.45, 7) is 4.67. The Labute approximate surface area is 153 Å². The molecule has 2 rings (SSSR count). The number of hydrogen-bond acceptors (Lipinski definition) is 4. The van der Waals surface area contributed by atoms with Gasteiger partial charge >= 0.3 is 0 Å². The molecule has 0 aliphatic carbocycles.